The average Bonchev–Trinajstić information content (AvgIpc) is 2.29. The molecule has 0 spiro atoms. The standard InChI is InChI=1S/C13H17NO2S/c1-11-5-7-13(8-6-11)17(15,16)14-9-3-4-12(2)10-14/h4-8H,3,9-10H2,1-2H3. The molecule has 0 radical (unpaired) electrons. The van der Waals surface area contributed by atoms with Crippen LogP contribution in [-0.4, -0.2) is 25.8 Å². The molecule has 0 fully saturated rings. The average molecular weight is 251 g/mol. The zero-order valence-electron chi connectivity index (χ0n) is 10.2. The van der Waals surface area contributed by atoms with Gasteiger partial charge in [0.15, 0.2) is 0 Å². The van der Waals surface area contributed by atoms with Crippen molar-refractivity contribution in [2.24, 2.45) is 0 Å². The Bertz CT molecular complexity index is 529. The van der Waals surface area contributed by atoms with Crippen LogP contribution >= 0.6 is 0 Å². The minimum Gasteiger partial charge on any atom is -0.207 e. The van der Waals surface area contributed by atoms with E-state index in [4.69, 9.17) is 0 Å². The van der Waals surface area contributed by atoms with Crippen LogP contribution in [0.5, 0.6) is 0 Å². The van der Waals surface area contributed by atoms with Crippen molar-refractivity contribution in [1.29, 1.82) is 0 Å². The van der Waals surface area contributed by atoms with Crippen molar-refractivity contribution >= 4 is 10.0 Å². The van der Waals surface area contributed by atoms with Crippen molar-refractivity contribution in [3.8, 4) is 0 Å². The zero-order valence-corrected chi connectivity index (χ0v) is 11.0. The van der Waals surface area contributed by atoms with Gasteiger partial charge in [-0.3, -0.25) is 0 Å². The smallest absolute Gasteiger partial charge is 0.207 e. The SMILES string of the molecule is CC1=CCCN(S(=O)(=O)c2ccc(C)cc2)C1. The van der Waals surface area contributed by atoms with Gasteiger partial charge < -0.3 is 0 Å². The molecule has 3 nitrogen and oxygen atoms in total. The highest BCUT2D eigenvalue weighted by Gasteiger charge is 2.25. The van der Waals surface area contributed by atoms with Crippen molar-refractivity contribution in [1.82, 2.24) is 4.31 Å². The second kappa shape index (κ2) is 4.63. The van der Waals surface area contributed by atoms with Crippen LogP contribution in [0.3, 0.4) is 0 Å². The van der Waals surface area contributed by atoms with E-state index >= 15 is 0 Å². The zero-order chi connectivity index (χ0) is 12.5. The van der Waals surface area contributed by atoms with Gasteiger partial charge in [0.05, 0.1) is 4.90 Å². The van der Waals surface area contributed by atoms with Gasteiger partial charge in [-0.15, -0.1) is 0 Å². The van der Waals surface area contributed by atoms with Crippen molar-refractivity contribution < 1.29 is 8.42 Å². The van der Waals surface area contributed by atoms with E-state index in [-0.39, 0.29) is 0 Å². The molecule has 4 heteroatoms. The van der Waals surface area contributed by atoms with E-state index in [0.717, 1.165) is 17.6 Å². The summed E-state index contributed by atoms with van der Waals surface area (Å²) in [6.45, 7) is 5.00. The van der Waals surface area contributed by atoms with E-state index in [1.807, 2.05) is 26.0 Å². The summed E-state index contributed by atoms with van der Waals surface area (Å²) in [7, 11) is -3.32. The Hall–Kier alpha value is -1.13. The van der Waals surface area contributed by atoms with E-state index in [1.54, 1.807) is 16.4 Å². The lowest BCUT2D eigenvalue weighted by atomic mass is 10.2. The van der Waals surface area contributed by atoms with E-state index in [2.05, 4.69) is 6.08 Å². The Labute approximate surface area is 103 Å². The first-order valence-corrected chi connectivity index (χ1v) is 7.16. The molecule has 0 atom stereocenters. The maximum absolute atomic E-state index is 12.3. The summed E-state index contributed by atoms with van der Waals surface area (Å²) >= 11 is 0. The Kier molecular flexibility index (Phi) is 3.35. The fraction of sp³-hybridized carbons (Fsp3) is 0.385. The Balaban J connectivity index is 2.30. The minimum absolute atomic E-state index is 0.387. The van der Waals surface area contributed by atoms with E-state index < -0.39 is 10.0 Å². The van der Waals surface area contributed by atoms with Crippen LogP contribution in [0.15, 0.2) is 40.8 Å². The van der Waals surface area contributed by atoms with E-state index in [1.165, 1.54) is 0 Å². The van der Waals surface area contributed by atoms with Gasteiger partial charge in [0.25, 0.3) is 0 Å². The number of hydrogen-bond donors (Lipinski definition) is 0. The van der Waals surface area contributed by atoms with Crippen LogP contribution in [0.2, 0.25) is 0 Å². The summed E-state index contributed by atoms with van der Waals surface area (Å²) < 4.78 is 26.2. The molecule has 0 N–H and O–H groups in total. The second-order valence-corrected chi connectivity index (χ2v) is 6.43. The summed E-state index contributed by atoms with van der Waals surface area (Å²) in [6, 6.07) is 7.02. The molecule has 0 saturated carbocycles. The van der Waals surface area contributed by atoms with Crippen LogP contribution in [0.1, 0.15) is 18.9 Å². The summed E-state index contributed by atoms with van der Waals surface area (Å²) in [5.74, 6) is 0. The molecule has 0 unspecified atom stereocenters. The normalized spacial score (nSPS) is 17.9. The Morgan fingerprint density at radius 1 is 1.12 bits per heavy atom. The largest absolute Gasteiger partial charge is 0.243 e. The molecular weight excluding hydrogens is 234 g/mol. The molecule has 0 bridgehead atoms. The van der Waals surface area contributed by atoms with Crippen molar-refractivity contribution in [3.05, 3.63) is 41.5 Å². The van der Waals surface area contributed by atoms with E-state index in [0.29, 0.717) is 18.0 Å². The fourth-order valence-electron chi connectivity index (χ4n) is 1.94. The van der Waals surface area contributed by atoms with Crippen molar-refractivity contribution in [2.45, 2.75) is 25.2 Å². The second-order valence-electron chi connectivity index (χ2n) is 4.49. The topological polar surface area (TPSA) is 37.4 Å². The van der Waals surface area contributed by atoms with Crippen LogP contribution < -0.4 is 0 Å². The minimum atomic E-state index is -3.32. The highest BCUT2D eigenvalue weighted by molar-refractivity contribution is 7.89. The summed E-state index contributed by atoms with van der Waals surface area (Å²) in [5, 5.41) is 0. The van der Waals surface area contributed by atoms with Gasteiger partial charge in [0.2, 0.25) is 10.0 Å². The molecule has 1 aromatic carbocycles. The van der Waals surface area contributed by atoms with Gasteiger partial charge in [-0.05, 0) is 32.4 Å². The number of sulfonamides is 1. The van der Waals surface area contributed by atoms with Gasteiger partial charge in [0.1, 0.15) is 0 Å². The predicted octanol–water partition coefficient (Wildman–Crippen LogP) is 2.34. The number of hydrogen-bond acceptors (Lipinski definition) is 2. The molecule has 92 valence electrons. The quantitative estimate of drug-likeness (QED) is 0.757. The van der Waals surface area contributed by atoms with Gasteiger partial charge in [-0.2, -0.15) is 4.31 Å². The van der Waals surface area contributed by atoms with Gasteiger partial charge in [-0.25, -0.2) is 8.42 Å². The molecule has 0 amide bonds. The molecule has 0 aromatic heterocycles. The highest BCUT2D eigenvalue weighted by Crippen LogP contribution is 2.20. The molecule has 1 aliphatic rings. The third kappa shape index (κ3) is 2.58. The number of rotatable bonds is 2. The summed E-state index contributed by atoms with van der Waals surface area (Å²) in [5.41, 5.74) is 2.19. The first-order valence-electron chi connectivity index (χ1n) is 5.72. The lowest BCUT2D eigenvalue weighted by Gasteiger charge is -2.25. The van der Waals surface area contributed by atoms with Gasteiger partial charge in [-0.1, -0.05) is 29.3 Å². The highest BCUT2D eigenvalue weighted by atomic mass is 32.2. The van der Waals surface area contributed by atoms with Gasteiger partial charge in [0, 0.05) is 13.1 Å². The van der Waals surface area contributed by atoms with E-state index in [9.17, 15) is 8.42 Å². The maximum atomic E-state index is 12.3. The molecule has 0 aliphatic carbocycles. The molecule has 17 heavy (non-hydrogen) atoms. The molecule has 1 aromatic rings. The maximum Gasteiger partial charge on any atom is 0.243 e. The third-order valence-corrected chi connectivity index (χ3v) is 4.82. The van der Waals surface area contributed by atoms with Crippen molar-refractivity contribution in [2.75, 3.05) is 13.1 Å². The monoisotopic (exact) mass is 251 g/mol. The molecule has 0 saturated heterocycles. The number of benzene rings is 1. The molecule has 2 rings (SSSR count). The predicted molar refractivity (Wildman–Crippen MR) is 68.3 cm³/mol. The van der Waals surface area contributed by atoms with Crippen molar-refractivity contribution in [3.63, 3.8) is 0 Å². The third-order valence-electron chi connectivity index (χ3n) is 2.96. The lowest BCUT2D eigenvalue weighted by Crippen LogP contribution is -2.35. The molecular formula is C13H17NO2S. The Morgan fingerprint density at radius 3 is 2.35 bits per heavy atom. The fourth-order valence-corrected chi connectivity index (χ4v) is 3.44. The van der Waals surface area contributed by atoms with Crippen LogP contribution in [0.25, 0.3) is 0 Å². The first kappa shape index (κ1) is 12.3. The molecule has 1 heterocycles. The number of aryl methyl sites for hydroxylation is 1. The number of nitrogens with zero attached hydrogens (tertiary/aromatic N) is 1. The van der Waals surface area contributed by atoms with Crippen LogP contribution in [0.4, 0.5) is 0 Å². The van der Waals surface area contributed by atoms with Gasteiger partial charge >= 0.3 is 0 Å². The molecule has 1 aliphatic heterocycles. The lowest BCUT2D eigenvalue weighted by molar-refractivity contribution is 0.428. The summed E-state index contributed by atoms with van der Waals surface area (Å²) in [4.78, 5) is 0.387. The first-order chi connectivity index (χ1) is 8.00. The van der Waals surface area contributed by atoms with Crippen LogP contribution in [-0.2, 0) is 10.0 Å². The Morgan fingerprint density at radius 2 is 1.76 bits per heavy atom. The summed E-state index contributed by atoms with van der Waals surface area (Å²) in [6.07, 6.45) is 2.90. The van der Waals surface area contributed by atoms with Crippen LogP contribution in [0, 0.1) is 6.92 Å².